The number of carbonyl (C=O) groups excluding carboxylic acids is 1. The lowest BCUT2D eigenvalue weighted by molar-refractivity contribution is -0.119. The number of benzene rings is 1. The van der Waals surface area contributed by atoms with Crippen LogP contribution >= 0.6 is 0 Å². The van der Waals surface area contributed by atoms with E-state index in [2.05, 4.69) is 34.1 Å². The minimum atomic E-state index is 0.335. The Morgan fingerprint density at radius 2 is 1.94 bits per heavy atom. The van der Waals surface area contributed by atoms with Crippen LogP contribution in [-0.2, 0) is 9.53 Å². The molecule has 5 rings (SSSR count). The summed E-state index contributed by atoms with van der Waals surface area (Å²) in [5.41, 5.74) is 4.60. The van der Waals surface area contributed by atoms with Crippen molar-refractivity contribution in [2.24, 2.45) is 0 Å². The Morgan fingerprint density at radius 3 is 2.77 bits per heavy atom. The first kappa shape index (κ1) is 19.5. The standard InChI is InChI=1S/C24H24N4O3/c1-30-13-14-31-19-9-12-28-22(16-25-23(28)15-19)20-6-5-17-3-2-4-21(24(17)26-20)27-10-7-18(29)8-11-27/h2-6,9,12,15-16H,7-8,10-11,13-14H2,1H3. The number of methoxy groups -OCH3 is 1. The molecule has 1 saturated heterocycles. The zero-order valence-electron chi connectivity index (χ0n) is 17.5. The lowest BCUT2D eigenvalue weighted by Crippen LogP contribution is -2.33. The second kappa shape index (κ2) is 8.35. The van der Waals surface area contributed by atoms with E-state index >= 15 is 0 Å². The van der Waals surface area contributed by atoms with Gasteiger partial charge < -0.3 is 14.4 Å². The van der Waals surface area contributed by atoms with Gasteiger partial charge in [-0.1, -0.05) is 18.2 Å². The largest absolute Gasteiger partial charge is 0.491 e. The molecule has 1 aliphatic heterocycles. The summed E-state index contributed by atoms with van der Waals surface area (Å²) in [5, 5.41) is 1.08. The molecule has 31 heavy (non-hydrogen) atoms. The van der Waals surface area contributed by atoms with Crippen LogP contribution in [-0.4, -0.2) is 53.6 Å². The number of Topliss-reactive ketones (excluding diaryl/α,β-unsaturated/α-hetero) is 1. The number of imidazole rings is 1. The first-order valence-electron chi connectivity index (χ1n) is 10.5. The molecule has 0 unspecified atom stereocenters. The van der Waals surface area contributed by atoms with Gasteiger partial charge in [0, 0.05) is 50.7 Å². The van der Waals surface area contributed by atoms with Crippen LogP contribution in [0.2, 0.25) is 0 Å². The predicted molar refractivity (Wildman–Crippen MR) is 120 cm³/mol. The van der Waals surface area contributed by atoms with E-state index in [0.717, 1.165) is 52.5 Å². The zero-order chi connectivity index (χ0) is 21.2. The van der Waals surface area contributed by atoms with Crippen molar-refractivity contribution < 1.29 is 14.3 Å². The molecule has 7 nitrogen and oxygen atoms in total. The van der Waals surface area contributed by atoms with Crippen LogP contribution in [0.3, 0.4) is 0 Å². The highest BCUT2D eigenvalue weighted by atomic mass is 16.5. The fraction of sp³-hybridized carbons (Fsp3) is 0.292. The number of pyridine rings is 2. The Labute approximate surface area is 180 Å². The summed E-state index contributed by atoms with van der Waals surface area (Å²) < 4.78 is 12.7. The maximum absolute atomic E-state index is 11.7. The van der Waals surface area contributed by atoms with Gasteiger partial charge in [-0.25, -0.2) is 9.97 Å². The van der Waals surface area contributed by atoms with Crippen molar-refractivity contribution in [2.45, 2.75) is 12.8 Å². The number of piperidine rings is 1. The summed E-state index contributed by atoms with van der Waals surface area (Å²) in [6.07, 6.45) is 4.98. The molecule has 3 aromatic heterocycles. The van der Waals surface area contributed by atoms with Crippen molar-refractivity contribution in [1.29, 1.82) is 0 Å². The number of ketones is 1. The molecule has 0 saturated carbocycles. The van der Waals surface area contributed by atoms with E-state index < -0.39 is 0 Å². The molecule has 0 aliphatic carbocycles. The molecule has 4 heterocycles. The molecule has 7 heteroatoms. The van der Waals surface area contributed by atoms with Gasteiger partial charge in [-0.15, -0.1) is 0 Å². The van der Waals surface area contributed by atoms with Gasteiger partial charge in [0.1, 0.15) is 23.8 Å². The van der Waals surface area contributed by atoms with Gasteiger partial charge in [0.05, 0.1) is 35.4 Å². The average molecular weight is 416 g/mol. The first-order valence-corrected chi connectivity index (χ1v) is 10.5. The Bertz CT molecular complexity index is 1240. The number of hydrogen-bond acceptors (Lipinski definition) is 6. The van der Waals surface area contributed by atoms with Crippen LogP contribution in [0.1, 0.15) is 12.8 Å². The minimum absolute atomic E-state index is 0.335. The van der Waals surface area contributed by atoms with E-state index in [1.54, 1.807) is 7.11 Å². The second-order valence-corrected chi connectivity index (χ2v) is 7.65. The summed E-state index contributed by atoms with van der Waals surface area (Å²) in [7, 11) is 1.65. The highest BCUT2D eigenvalue weighted by Gasteiger charge is 2.19. The fourth-order valence-corrected chi connectivity index (χ4v) is 4.01. The topological polar surface area (TPSA) is 69.0 Å². The van der Waals surface area contributed by atoms with Gasteiger partial charge in [0.15, 0.2) is 0 Å². The lowest BCUT2D eigenvalue weighted by atomic mass is 10.1. The fourth-order valence-electron chi connectivity index (χ4n) is 4.01. The third-order valence-electron chi connectivity index (χ3n) is 5.66. The van der Waals surface area contributed by atoms with Crippen LogP contribution in [0.5, 0.6) is 5.75 Å². The highest BCUT2D eigenvalue weighted by molar-refractivity contribution is 5.93. The smallest absolute Gasteiger partial charge is 0.140 e. The van der Waals surface area contributed by atoms with Crippen molar-refractivity contribution in [3.63, 3.8) is 0 Å². The molecule has 1 aliphatic rings. The van der Waals surface area contributed by atoms with E-state index in [4.69, 9.17) is 14.5 Å². The van der Waals surface area contributed by atoms with E-state index in [0.29, 0.717) is 31.8 Å². The van der Waals surface area contributed by atoms with E-state index in [1.807, 2.05) is 35.0 Å². The van der Waals surface area contributed by atoms with Crippen LogP contribution < -0.4 is 9.64 Å². The van der Waals surface area contributed by atoms with Gasteiger partial charge in [-0.05, 0) is 18.2 Å². The molecule has 0 atom stereocenters. The maximum Gasteiger partial charge on any atom is 0.140 e. The molecule has 0 N–H and O–H groups in total. The summed E-state index contributed by atoms with van der Waals surface area (Å²) >= 11 is 0. The average Bonchev–Trinajstić information content (AvgIpc) is 3.22. The van der Waals surface area contributed by atoms with E-state index in [9.17, 15) is 4.79 Å². The Morgan fingerprint density at radius 1 is 1.06 bits per heavy atom. The molecule has 1 aromatic carbocycles. The SMILES string of the molecule is COCCOc1ccn2c(-c3ccc4cccc(N5CCC(=O)CC5)c4n3)cnc2c1. The molecule has 4 aromatic rings. The third kappa shape index (κ3) is 3.84. The van der Waals surface area contributed by atoms with Crippen molar-refractivity contribution in [2.75, 3.05) is 38.3 Å². The van der Waals surface area contributed by atoms with Crippen molar-refractivity contribution in [3.05, 3.63) is 54.9 Å². The van der Waals surface area contributed by atoms with Crippen LogP contribution in [0.4, 0.5) is 5.69 Å². The predicted octanol–water partition coefficient (Wildman–Crippen LogP) is 3.74. The van der Waals surface area contributed by atoms with Crippen LogP contribution in [0.15, 0.2) is 54.9 Å². The van der Waals surface area contributed by atoms with Crippen LogP contribution in [0, 0.1) is 0 Å². The number of rotatable bonds is 6. The van der Waals surface area contributed by atoms with Crippen molar-refractivity contribution in [1.82, 2.24) is 14.4 Å². The van der Waals surface area contributed by atoms with E-state index in [-0.39, 0.29) is 0 Å². The number of anilines is 1. The number of aromatic nitrogens is 3. The normalized spacial score (nSPS) is 14.5. The quantitative estimate of drug-likeness (QED) is 0.446. The monoisotopic (exact) mass is 416 g/mol. The summed E-state index contributed by atoms with van der Waals surface area (Å²) in [6, 6.07) is 14.2. The van der Waals surface area contributed by atoms with Gasteiger partial charge in [0.25, 0.3) is 0 Å². The lowest BCUT2D eigenvalue weighted by Gasteiger charge is -2.28. The number of para-hydroxylation sites is 1. The Balaban J connectivity index is 1.51. The number of ether oxygens (including phenoxy) is 2. The van der Waals surface area contributed by atoms with E-state index in [1.165, 1.54) is 0 Å². The summed E-state index contributed by atoms with van der Waals surface area (Å²) in [5.74, 6) is 1.09. The van der Waals surface area contributed by atoms with Crippen molar-refractivity contribution >= 4 is 28.0 Å². The second-order valence-electron chi connectivity index (χ2n) is 7.65. The van der Waals surface area contributed by atoms with Crippen LogP contribution in [0.25, 0.3) is 27.9 Å². The molecular formula is C24H24N4O3. The number of fused-ring (bicyclic) bond motifs is 2. The Hall–Kier alpha value is -3.45. The minimum Gasteiger partial charge on any atom is -0.491 e. The van der Waals surface area contributed by atoms with Gasteiger partial charge in [-0.2, -0.15) is 0 Å². The number of hydrogen-bond donors (Lipinski definition) is 0. The molecular weight excluding hydrogens is 392 g/mol. The molecule has 1 fully saturated rings. The molecule has 0 amide bonds. The Kier molecular flexibility index (Phi) is 5.26. The number of carbonyl (C=O) groups is 1. The molecule has 0 bridgehead atoms. The van der Waals surface area contributed by atoms with Gasteiger partial charge in [-0.3, -0.25) is 9.20 Å². The van der Waals surface area contributed by atoms with Gasteiger partial charge >= 0.3 is 0 Å². The maximum atomic E-state index is 11.7. The highest BCUT2D eigenvalue weighted by Crippen LogP contribution is 2.30. The van der Waals surface area contributed by atoms with Gasteiger partial charge in [0.2, 0.25) is 0 Å². The summed E-state index contributed by atoms with van der Waals surface area (Å²) in [6.45, 7) is 2.52. The molecule has 0 spiro atoms. The zero-order valence-corrected chi connectivity index (χ0v) is 17.5. The third-order valence-corrected chi connectivity index (χ3v) is 5.66. The molecule has 0 radical (unpaired) electrons. The number of nitrogens with zero attached hydrogens (tertiary/aromatic N) is 4. The first-order chi connectivity index (χ1) is 15.2. The van der Waals surface area contributed by atoms with Crippen molar-refractivity contribution in [3.8, 4) is 17.1 Å². The summed E-state index contributed by atoms with van der Waals surface area (Å²) in [4.78, 5) is 23.5. The molecule has 158 valence electrons.